The molecule has 0 spiro atoms. The maximum Gasteiger partial charge on any atom is 0.156 e. The summed E-state index contributed by atoms with van der Waals surface area (Å²) in [5, 5.41) is 0. The van der Waals surface area contributed by atoms with E-state index in [2.05, 4.69) is 0 Å². The highest BCUT2D eigenvalue weighted by Gasteiger charge is 2.39. The highest BCUT2D eigenvalue weighted by atomic mass is 16.5. The van der Waals surface area contributed by atoms with Gasteiger partial charge in [0, 0.05) is 0 Å². The lowest BCUT2D eigenvalue weighted by Crippen LogP contribution is -2.42. The zero-order valence-electron chi connectivity index (χ0n) is 14.3. The summed E-state index contributed by atoms with van der Waals surface area (Å²) in [7, 11) is 0. The van der Waals surface area contributed by atoms with Gasteiger partial charge in [-0.25, -0.2) is 0 Å². The minimum absolute atomic E-state index is 0.238. The molecular weight excluding hydrogens is 328 g/mol. The second kappa shape index (κ2) is 8.41. The van der Waals surface area contributed by atoms with Crippen molar-refractivity contribution in [2.75, 3.05) is 0 Å². The van der Waals surface area contributed by atoms with Crippen LogP contribution in [0.5, 0.6) is 0 Å². The first-order chi connectivity index (χ1) is 12.8. The minimum Gasteiger partial charge on any atom is -0.489 e. The van der Waals surface area contributed by atoms with Crippen LogP contribution in [0.25, 0.3) is 0 Å². The first kappa shape index (κ1) is 17.8. The molecule has 0 saturated heterocycles. The molecule has 0 saturated carbocycles. The lowest BCUT2D eigenvalue weighted by atomic mass is 9.85. The average Bonchev–Trinajstić information content (AvgIpc) is 2.72. The van der Waals surface area contributed by atoms with Gasteiger partial charge in [-0.05, 0) is 29.4 Å². The van der Waals surface area contributed by atoms with Gasteiger partial charge >= 0.3 is 0 Å². The zero-order valence-corrected chi connectivity index (χ0v) is 14.3. The van der Waals surface area contributed by atoms with Crippen molar-refractivity contribution >= 4 is 12.6 Å². The van der Waals surface area contributed by atoms with Gasteiger partial charge in [0.15, 0.2) is 11.9 Å². The van der Waals surface area contributed by atoms with Crippen LogP contribution >= 0.6 is 0 Å². The standard InChI is InChI=1S/C22H20O4/c23-14-20-13-21(25-15-18-7-3-1-4-8-18)11-12-22(20,17-24)26-16-19-9-5-2-6-10-19/h1-14,17,20H,15-16H2. The fraction of sp³-hybridized carbons (Fsp3) is 0.182. The Bertz CT molecular complexity index is 795. The number of rotatable bonds is 8. The van der Waals surface area contributed by atoms with E-state index in [1.165, 1.54) is 0 Å². The topological polar surface area (TPSA) is 52.6 Å². The quantitative estimate of drug-likeness (QED) is 0.684. The third-order valence-corrected chi connectivity index (χ3v) is 4.28. The van der Waals surface area contributed by atoms with Gasteiger partial charge in [0.1, 0.15) is 18.7 Å². The van der Waals surface area contributed by atoms with Crippen molar-refractivity contribution < 1.29 is 19.1 Å². The molecule has 0 bridgehead atoms. The minimum atomic E-state index is -1.31. The first-order valence-corrected chi connectivity index (χ1v) is 8.43. The number of allylic oxidation sites excluding steroid dienone is 1. The third-order valence-electron chi connectivity index (χ3n) is 4.28. The summed E-state index contributed by atoms with van der Waals surface area (Å²) in [6.07, 6.45) is 6.31. The smallest absolute Gasteiger partial charge is 0.156 e. The van der Waals surface area contributed by atoms with Crippen LogP contribution in [0.2, 0.25) is 0 Å². The van der Waals surface area contributed by atoms with Crippen LogP contribution in [-0.4, -0.2) is 18.2 Å². The predicted octanol–water partition coefficient (Wildman–Crippen LogP) is 3.63. The summed E-state index contributed by atoms with van der Waals surface area (Å²) in [4.78, 5) is 23.3. The monoisotopic (exact) mass is 348 g/mol. The second-order valence-corrected chi connectivity index (χ2v) is 6.08. The fourth-order valence-electron chi connectivity index (χ4n) is 2.75. The molecule has 3 rings (SSSR count). The molecule has 1 aliphatic rings. The van der Waals surface area contributed by atoms with Crippen LogP contribution in [0.1, 0.15) is 11.1 Å². The molecule has 0 radical (unpaired) electrons. The predicted molar refractivity (Wildman–Crippen MR) is 98.0 cm³/mol. The van der Waals surface area contributed by atoms with Gasteiger partial charge in [0.05, 0.1) is 12.5 Å². The van der Waals surface area contributed by atoms with Crippen molar-refractivity contribution in [2.24, 2.45) is 5.92 Å². The Morgan fingerprint density at radius 2 is 1.50 bits per heavy atom. The molecule has 0 N–H and O–H groups in total. The van der Waals surface area contributed by atoms with Crippen LogP contribution in [-0.2, 0) is 32.3 Å². The van der Waals surface area contributed by atoms with Gasteiger partial charge in [0.2, 0.25) is 0 Å². The lowest BCUT2D eigenvalue weighted by molar-refractivity contribution is -0.136. The Balaban J connectivity index is 1.68. The molecule has 0 fully saturated rings. The van der Waals surface area contributed by atoms with E-state index in [0.717, 1.165) is 17.4 Å². The van der Waals surface area contributed by atoms with E-state index in [1.807, 2.05) is 60.7 Å². The second-order valence-electron chi connectivity index (χ2n) is 6.08. The first-order valence-electron chi connectivity index (χ1n) is 8.43. The van der Waals surface area contributed by atoms with Crippen LogP contribution in [0.3, 0.4) is 0 Å². The van der Waals surface area contributed by atoms with Crippen LogP contribution in [0.15, 0.2) is 84.7 Å². The summed E-state index contributed by atoms with van der Waals surface area (Å²) < 4.78 is 11.6. The van der Waals surface area contributed by atoms with Crippen molar-refractivity contribution in [3.8, 4) is 0 Å². The largest absolute Gasteiger partial charge is 0.489 e. The van der Waals surface area contributed by atoms with E-state index in [4.69, 9.17) is 9.47 Å². The van der Waals surface area contributed by atoms with E-state index in [0.29, 0.717) is 18.7 Å². The molecule has 2 atom stereocenters. The molecule has 4 heteroatoms. The number of aldehydes is 2. The molecule has 0 aromatic heterocycles. The van der Waals surface area contributed by atoms with E-state index in [-0.39, 0.29) is 6.61 Å². The Morgan fingerprint density at radius 3 is 2.08 bits per heavy atom. The number of ether oxygens (including phenoxy) is 2. The van der Waals surface area contributed by atoms with Gasteiger partial charge in [-0.1, -0.05) is 60.7 Å². The molecule has 0 aliphatic heterocycles. The van der Waals surface area contributed by atoms with E-state index < -0.39 is 11.5 Å². The number of hydrogen-bond acceptors (Lipinski definition) is 4. The SMILES string of the molecule is O=CC1C=C(OCc2ccccc2)C=CC1(C=O)OCc1ccccc1. The molecule has 0 amide bonds. The van der Waals surface area contributed by atoms with Crippen molar-refractivity contribution in [3.05, 3.63) is 95.8 Å². The lowest BCUT2D eigenvalue weighted by Gasteiger charge is -2.31. The summed E-state index contributed by atoms with van der Waals surface area (Å²) in [6.45, 7) is 0.629. The Kier molecular flexibility index (Phi) is 5.77. The maximum atomic E-state index is 11.8. The van der Waals surface area contributed by atoms with Crippen molar-refractivity contribution in [3.63, 3.8) is 0 Å². The summed E-state index contributed by atoms with van der Waals surface area (Å²) in [6, 6.07) is 19.3. The van der Waals surface area contributed by atoms with Crippen LogP contribution in [0, 0.1) is 5.92 Å². The fourth-order valence-corrected chi connectivity index (χ4v) is 2.75. The maximum absolute atomic E-state index is 11.8. The van der Waals surface area contributed by atoms with E-state index in [1.54, 1.807) is 18.2 Å². The molecule has 26 heavy (non-hydrogen) atoms. The molecule has 2 unspecified atom stereocenters. The van der Waals surface area contributed by atoms with Crippen molar-refractivity contribution in [1.82, 2.24) is 0 Å². The van der Waals surface area contributed by atoms with Crippen molar-refractivity contribution in [1.29, 1.82) is 0 Å². The summed E-state index contributed by atoms with van der Waals surface area (Å²) >= 11 is 0. The van der Waals surface area contributed by atoms with Crippen molar-refractivity contribution in [2.45, 2.75) is 18.8 Å². The van der Waals surface area contributed by atoms with E-state index >= 15 is 0 Å². The van der Waals surface area contributed by atoms with Gasteiger partial charge in [-0.3, -0.25) is 4.79 Å². The van der Waals surface area contributed by atoms with Gasteiger partial charge in [-0.2, -0.15) is 0 Å². The Morgan fingerprint density at radius 1 is 0.885 bits per heavy atom. The number of benzene rings is 2. The number of carbonyl (C=O) groups is 2. The molecule has 0 heterocycles. The molecule has 2 aromatic rings. The summed E-state index contributed by atoms with van der Waals surface area (Å²) in [5.74, 6) is -0.189. The van der Waals surface area contributed by atoms with Gasteiger partial charge in [-0.15, -0.1) is 0 Å². The highest BCUT2D eigenvalue weighted by Crippen LogP contribution is 2.30. The number of hydrogen-bond donors (Lipinski definition) is 0. The zero-order chi connectivity index (χ0) is 18.2. The molecule has 1 aliphatic carbocycles. The van der Waals surface area contributed by atoms with Gasteiger partial charge < -0.3 is 14.3 Å². The third kappa shape index (κ3) is 4.16. The molecule has 2 aromatic carbocycles. The normalized spacial score (nSPS) is 21.7. The average molecular weight is 348 g/mol. The number of carbonyl (C=O) groups excluding carboxylic acids is 2. The Labute approximate surface area is 152 Å². The molecular formula is C22H20O4. The highest BCUT2D eigenvalue weighted by molar-refractivity contribution is 5.77. The van der Waals surface area contributed by atoms with E-state index in [9.17, 15) is 9.59 Å². The van der Waals surface area contributed by atoms with Crippen LogP contribution < -0.4 is 0 Å². The van der Waals surface area contributed by atoms with Crippen LogP contribution in [0.4, 0.5) is 0 Å². The molecule has 132 valence electrons. The Hall–Kier alpha value is -2.98. The summed E-state index contributed by atoms with van der Waals surface area (Å²) in [5.41, 5.74) is 0.649. The van der Waals surface area contributed by atoms with Gasteiger partial charge in [0.25, 0.3) is 0 Å². The molecule has 4 nitrogen and oxygen atoms in total.